The molecule has 1 amide bonds. The van der Waals surface area contributed by atoms with E-state index in [2.05, 4.69) is 15.9 Å². The molecule has 90 valence electrons. The number of hydrogen-bond donors (Lipinski definition) is 0. The van der Waals surface area contributed by atoms with Gasteiger partial charge in [0.25, 0.3) is 0 Å². The van der Waals surface area contributed by atoms with E-state index in [0.717, 1.165) is 10.2 Å². The highest BCUT2D eigenvalue weighted by Crippen LogP contribution is 2.33. The van der Waals surface area contributed by atoms with Crippen molar-refractivity contribution in [3.63, 3.8) is 0 Å². The molecule has 3 heterocycles. The molecule has 0 bridgehead atoms. The smallest absolute Gasteiger partial charge is 0.229 e. The monoisotopic (exact) mass is 277 g/mol. The van der Waals surface area contributed by atoms with Gasteiger partial charge < -0.3 is 0 Å². The van der Waals surface area contributed by atoms with E-state index in [4.69, 9.17) is 18.0 Å². The third-order valence-corrected chi connectivity index (χ3v) is 3.94. The van der Waals surface area contributed by atoms with Crippen molar-refractivity contribution in [1.29, 1.82) is 0 Å². The molecule has 0 spiro atoms. The van der Waals surface area contributed by atoms with Crippen LogP contribution in [0.1, 0.15) is 6.42 Å². The van der Waals surface area contributed by atoms with Gasteiger partial charge in [-0.2, -0.15) is 4.98 Å². The predicted molar refractivity (Wildman–Crippen MR) is 71.7 cm³/mol. The topological polar surface area (TPSA) is 46.1 Å². The Bertz CT molecular complexity index is 676. The van der Waals surface area contributed by atoms with Gasteiger partial charge in [-0.3, -0.25) is 9.69 Å². The van der Waals surface area contributed by atoms with Crippen molar-refractivity contribution in [2.24, 2.45) is 5.92 Å². The number of fused-ring (bicyclic) bond motifs is 1. The third kappa shape index (κ3) is 1.74. The molecule has 2 aromatic heterocycles. The number of nitrogens with zero attached hydrogens (tertiary/aromatic N) is 3. The average Bonchev–Trinajstić information content (AvgIpc) is 2.94. The highest BCUT2D eigenvalue weighted by molar-refractivity contribution is 7.17. The van der Waals surface area contributed by atoms with E-state index in [-0.39, 0.29) is 17.1 Å². The molecule has 0 radical (unpaired) electrons. The van der Waals surface area contributed by atoms with Crippen LogP contribution in [0.15, 0.2) is 11.4 Å². The Morgan fingerprint density at radius 3 is 3.11 bits per heavy atom. The molecule has 1 unspecified atom stereocenters. The summed E-state index contributed by atoms with van der Waals surface area (Å²) in [5, 5.41) is 2.05. The number of carbonyl (C=O) groups is 1. The summed E-state index contributed by atoms with van der Waals surface area (Å²) in [6, 6.07) is 1.86. The van der Waals surface area contributed by atoms with Crippen LogP contribution in [-0.4, -0.2) is 22.4 Å². The number of terminal acetylenes is 1. The molecule has 0 aliphatic carbocycles. The summed E-state index contributed by atoms with van der Waals surface area (Å²) in [5.41, 5.74) is 0.756. The van der Waals surface area contributed by atoms with Gasteiger partial charge >= 0.3 is 0 Å². The maximum atomic E-state index is 12.0. The first-order valence-corrected chi connectivity index (χ1v) is 6.62. The molecule has 3 rings (SSSR count). The Balaban J connectivity index is 2.12. The average molecular weight is 278 g/mol. The second-order valence-corrected chi connectivity index (χ2v) is 5.28. The molecule has 1 atom stereocenters. The van der Waals surface area contributed by atoms with Gasteiger partial charge in [-0.05, 0) is 23.0 Å². The summed E-state index contributed by atoms with van der Waals surface area (Å²) in [4.78, 5) is 21.9. The third-order valence-electron chi connectivity index (χ3n) is 2.87. The van der Waals surface area contributed by atoms with E-state index >= 15 is 0 Å². The normalized spacial score (nSPS) is 19.4. The van der Waals surface area contributed by atoms with Crippen molar-refractivity contribution in [3.05, 3.63) is 16.7 Å². The highest BCUT2D eigenvalue weighted by atomic mass is 35.5. The van der Waals surface area contributed by atoms with Gasteiger partial charge in [0.2, 0.25) is 11.2 Å². The Morgan fingerprint density at radius 2 is 2.39 bits per heavy atom. The van der Waals surface area contributed by atoms with E-state index in [1.54, 1.807) is 4.90 Å². The number of hydrogen-bond acceptors (Lipinski definition) is 4. The molecule has 0 N–H and O–H groups in total. The zero-order chi connectivity index (χ0) is 12.7. The van der Waals surface area contributed by atoms with Crippen molar-refractivity contribution in [1.82, 2.24) is 9.97 Å². The first-order valence-electron chi connectivity index (χ1n) is 5.36. The fraction of sp³-hybridized carbons (Fsp3) is 0.250. The van der Waals surface area contributed by atoms with Crippen molar-refractivity contribution < 1.29 is 4.79 Å². The molecule has 2 aromatic rings. The largest absolute Gasteiger partial charge is 0.294 e. The number of aromatic nitrogens is 2. The molecule has 1 saturated heterocycles. The molecule has 6 heteroatoms. The van der Waals surface area contributed by atoms with E-state index in [1.807, 2.05) is 11.4 Å². The number of amides is 1. The van der Waals surface area contributed by atoms with Gasteiger partial charge in [-0.1, -0.05) is 0 Å². The zero-order valence-corrected chi connectivity index (χ0v) is 10.8. The standard InChI is InChI=1S/C12H8ClN3OS/c1-2-7-5-9(17)16(6-7)11-10-8(3-4-18-10)14-12(13)15-11/h1,3-4,7H,5-6H2. The zero-order valence-electron chi connectivity index (χ0n) is 9.26. The van der Waals surface area contributed by atoms with Crippen molar-refractivity contribution in [3.8, 4) is 12.3 Å². The Hall–Kier alpha value is -1.64. The van der Waals surface area contributed by atoms with Crippen LogP contribution in [0.4, 0.5) is 5.82 Å². The van der Waals surface area contributed by atoms with E-state index in [1.165, 1.54) is 11.3 Å². The van der Waals surface area contributed by atoms with Crippen molar-refractivity contribution in [2.45, 2.75) is 6.42 Å². The van der Waals surface area contributed by atoms with Crippen LogP contribution in [0.2, 0.25) is 5.28 Å². The number of carbonyl (C=O) groups excluding carboxylic acids is 1. The maximum absolute atomic E-state index is 12.0. The van der Waals surface area contributed by atoms with Crippen molar-refractivity contribution >= 4 is 44.9 Å². The maximum Gasteiger partial charge on any atom is 0.229 e. The Labute approximate surface area is 113 Å². The van der Waals surface area contributed by atoms with E-state index in [9.17, 15) is 4.79 Å². The molecular formula is C12H8ClN3OS. The lowest BCUT2D eigenvalue weighted by atomic mass is 10.1. The number of rotatable bonds is 1. The summed E-state index contributed by atoms with van der Waals surface area (Å²) in [6.07, 6.45) is 5.74. The van der Waals surface area contributed by atoms with E-state index < -0.39 is 0 Å². The van der Waals surface area contributed by atoms with Gasteiger partial charge in [0.1, 0.15) is 0 Å². The van der Waals surface area contributed by atoms with Crippen LogP contribution < -0.4 is 4.90 Å². The summed E-state index contributed by atoms with van der Waals surface area (Å²) >= 11 is 7.37. The second kappa shape index (κ2) is 4.23. The molecule has 1 aliphatic heterocycles. The van der Waals surface area contributed by atoms with Crippen LogP contribution >= 0.6 is 22.9 Å². The lowest BCUT2D eigenvalue weighted by molar-refractivity contribution is -0.117. The second-order valence-electron chi connectivity index (χ2n) is 4.02. The lowest BCUT2D eigenvalue weighted by Gasteiger charge is -2.15. The van der Waals surface area contributed by atoms with Crippen LogP contribution in [0, 0.1) is 18.3 Å². The SMILES string of the molecule is C#CC1CC(=O)N(c2nc(Cl)nc3ccsc23)C1. The minimum absolute atomic E-state index is 0.0117. The predicted octanol–water partition coefficient (Wildman–Crippen LogP) is 2.33. The fourth-order valence-electron chi connectivity index (χ4n) is 2.03. The summed E-state index contributed by atoms with van der Waals surface area (Å²) in [7, 11) is 0. The lowest BCUT2D eigenvalue weighted by Crippen LogP contribution is -2.25. The minimum Gasteiger partial charge on any atom is -0.294 e. The number of halogens is 1. The van der Waals surface area contributed by atoms with Gasteiger partial charge in [0.15, 0.2) is 5.82 Å². The highest BCUT2D eigenvalue weighted by Gasteiger charge is 2.31. The summed E-state index contributed by atoms with van der Waals surface area (Å²) < 4.78 is 0.866. The van der Waals surface area contributed by atoms with E-state index in [0.29, 0.717) is 18.8 Å². The quantitative estimate of drug-likeness (QED) is 0.594. The first kappa shape index (κ1) is 11.5. The molecule has 4 nitrogen and oxygen atoms in total. The molecule has 18 heavy (non-hydrogen) atoms. The molecular weight excluding hydrogens is 270 g/mol. The van der Waals surface area contributed by atoms with Gasteiger partial charge in [0.05, 0.1) is 10.2 Å². The van der Waals surface area contributed by atoms with Crippen LogP contribution in [0.3, 0.4) is 0 Å². The Kier molecular flexibility index (Phi) is 2.69. The molecule has 1 fully saturated rings. The van der Waals surface area contributed by atoms with Crippen molar-refractivity contribution in [2.75, 3.05) is 11.4 Å². The Morgan fingerprint density at radius 1 is 1.56 bits per heavy atom. The van der Waals surface area contributed by atoms with Crippen LogP contribution in [0.5, 0.6) is 0 Å². The van der Waals surface area contributed by atoms with Gasteiger partial charge in [-0.25, -0.2) is 4.98 Å². The molecule has 0 saturated carbocycles. The van der Waals surface area contributed by atoms with Crippen LogP contribution in [0.25, 0.3) is 10.2 Å². The number of anilines is 1. The summed E-state index contributed by atoms with van der Waals surface area (Å²) in [5.74, 6) is 3.12. The van der Waals surface area contributed by atoms with Gasteiger partial charge in [-0.15, -0.1) is 23.7 Å². The van der Waals surface area contributed by atoms with Gasteiger partial charge in [0, 0.05) is 18.9 Å². The molecule has 1 aliphatic rings. The number of thiophene rings is 1. The molecule has 0 aromatic carbocycles. The first-order chi connectivity index (χ1) is 8.69. The minimum atomic E-state index is -0.0544. The van der Waals surface area contributed by atoms with Crippen LogP contribution in [-0.2, 0) is 4.79 Å². The fourth-order valence-corrected chi connectivity index (χ4v) is 3.03. The summed E-state index contributed by atoms with van der Waals surface area (Å²) in [6.45, 7) is 0.496.